The fourth-order valence-corrected chi connectivity index (χ4v) is 2.54. The maximum atomic E-state index is 13.9. The average molecular weight is 387 g/mol. The fraction of sp³-hybridized carbons (Fsp3) is 0.100. The number of halogens is 2. The van der Waals surface area contributed by atoms with Crippen LogP contribution >= 0.6 is 11.6 Å². The number of hydrogen-bond donors (Lipinski definition) is 1. The van der Waals surface area contributed by atoms with Gasteiger partial charge in [-0.05, 0) is 36.4 Å². The molecule has 0 aliphatic carbocycles. The van der Waals surface area contributed by atoms with E-state index in [9.17, 15) is 9.18 Å². The average Bonchev–Trinajstić information content (AvgIpc) is 2.67. The van der Waals surface area contributed by atoms with E-state index in [1.54, 1.807) is 30.6 Å². The molecule has 1 N–H and O–H groups in total. The quantitative estimate of drug-likeness (QED) is 0.666. The molecule has 1 amide bonds. The summed E-state index contributed by atoms with van der Waals surface area (Å²) in [6.45, 7) is 0.285. The monoisotopic (exact) mass is 386 g/mol. The van der Waals surface area contributed by atoms with E-state index in [0.29, 0.717) is 17.2 Å². The van der Waals surface area contributed by atoms with Gasteiger partial charge in [0, 0.05) is 34.7 Å². The predicted octanol–water partition coefficient (Wildman–Crippen LogP) is 4.71. The van der Waals surface area contributed by atoms with E-state index in [4.69, 9.17) is 21.1 Å². The molecule has 0 unspecified atom stereocenters. The summed E-state index contributed by atoms with van der Waals surface area (Å²) in [4.78, 5) is 16.3. The van der Waals surface area contributed by atoms with E-state index in [2.05, 4.69) is 10.3 Å². The normalized spacial score (nSPS) is 10.3. The zero-order valence-electron chi connectivity index (χ0n) is 14.4. The Hall–Kier alpha value is -3.12. The molecule has 2 aromatic carbocycles. The minimum absolute atomic E-state index is 0.104. The summed E-state index contributed by atoms with van der Waals surface area (Å²) >= 11 is 5.71. The number of nitrogens with zero attached hydrogens (tertiary/aromatic N) is 1. The molecule has 0 radical (unpaired) electrons. The van der Waals surface area contributed by atoms with Gasteiger partial charge >= 0.3 is 0 Å². The summed E-state index contributed by atoms with van der Waals surface area (Å²) in [5.41, 5.74) is 1.22. The minimum atomic E-state index is -0.693. The van der Waals surface area contributed by atoms with Crippen LogP contribution in [0.15, 0.2) is 60.9 Å². The molecule has 0 saturated carbocycles. The highest BCUT2D eigenvalue weighted by atomic mass is 35.5. The number of nitrogens with one attached hydrogen (secondary N) is 1. The second-order valence-corrected chi connectivity index (χ2v) is 6.03. The minimum Gasteiger partial charge on any atom is -0.493 e. The van der Waals surface area contributed by atoms with Gasteiger partial charge in [0.2, 0.25) is 0 Å². The van der Waals surface area contributed by atoms with Gasteiger partial charge in [0.05, 0.1) is 12.7 Å². The molecule has 7 heteroatoms. The van der Waals surface area contributed by atoms with Crippen LogP contribution in [0.25, 0.3) is 0 Å². The van der Waals surface area contributed by atoms with Crippen molar-refractivity contribution in [3.05, 3.63) is 82.9 Å². The number of pyridine rings is 1. The third-order valence-corrected chi connectivity index (χ3v) is 3.95. The topological polar surface area (TPSA) is 60.5 Å². The summed E-state index contributed by atoms with van der Waals surface area (Å²) in [6, 6.07) is 12.5. The molecular formula is C20H16ClFN2O3. The second kappa shape index (κ2) is 8.51. The molecule has 0 fully saturated rings. The van der Waals surface area contributed by atoms with Gasteiger partial charge in [-0.15, -0.1) is 0 Å². The maximum Gasteiger partial charge on any atom is 0.258 e. The molecule has 1 aromatic heterocycles. The standard InChI is InChI=1S/C20H16ClFN2O3/c1-26-18-7-5-15(10-19(18)27-12-13-3-2-8-23-11-13)24-20(25)16-6-4-14(21)9-17(16)22/h2-11H,12H2,1H3,(H,24,25). The number of hydrogen-bond acceptors (Lipinski definition) is 4. The number of carbonyl (C=O) groups excluding carboxylic acids is 1. The van der Waals surface area contributed by atoms with E-state index >= 15 is 0 Å². The third kappa shape index (κ3) is 4.74. The molecule has 3 rings (SSSR count). The van der Waals surface area contributed by atoms with Crippen molar-refractivity contribution in [2.75, 3.05) is 12.4 Å². The van der Waals surface area contributed by atoms with Crippen LogP contribution in [0.3, 0.4) is 0 Å². The molecule has 5 nitrogen and oxygen atoms in total. The highest BCUT2D eigenvalue weighted by Crippen LogP contribution is 2.31. The first-order chi connectivity index (χ1) is 13.1. The lowest BCUT2D eigenvalue weighted by molar-refractivity contribution is 0.102. The van der Waals surface area contributed by atoms with Gasteiger partial charge in [0.15, 0.2) is 11.5 Å². The number of ether oxygens (including phenoxy) is 2. The Morgan fingerprint density at radius 3 is 2.74 bits per heavy atom. The Labute approximate surface area is 160 Å². The number of amides is 1. The van der Waals surface area contributed by atoms with Crippen molar-refractivity contribution in [2.24, 2.45) is 0 Å². The van der Waals surface area contributed by atoms with Crippen LogP contribution in [0.2, 0.25) is 5.02 Å². The van der Waals surface area contributed by atoms with Crippen molar-refractivity contribution in [1.82, 2.24) is 4.98 Å². The molecule has 0 aliphatic rings. The molecule has 27 heavy (non-hydrogen) atoms. The number of rotatable bonds is 6. The largest absolute Gasteiger partial charge is 0.493 e. The Bertz CT molecular complexity index is 951. The lowest BCUT2D eigenvalue weighted by Crippen LogP contribution is -2.13. The van der Waals surface area contributed by atoms with Crippen molar-refractivity contribution in [3.63, 3.8) is 0 Å². The van der Waals surface area contributed by atoms with Crippen molar-refractivity contribution >= 4 is 23.2 Å². The summed E-state index contributed by atoms with van der Waals surface area (Å²) in [5.74, 6) is -0.334. The zero-order valence-corrected chi connectivity index (χ0v) is 15.2. The number of carbonyl (C=O) groups is 1. The first-order valence-corrected chi connectivity index (χ1v) is 8.41. The smallest absolute Gasteiger partial charge is 0.258 e. The van der Waals surface area contributed by atoms with Crippen LogP contribution in [0.5, 0.6) is 11.5 Å². The molecular weight excluding hydrogens is 371 g/mol. The van der Waals surface area contributed by atoms with Crippen LogP contribution in [0.1, 0.15) is 15.9 Å². The summed E-state index contributed by atoms with van der Waals surface area (Å²) in [6.07, 6.45) is 3.37. The van der Waals surface area contributed by atoms with E-state index in [1.165, 1.54) is 19.2 Å². The molecule has 0 saturated heterocycles. The van der Waals surface area contributed by atoms with Gasteiger partial charge in [-0.25, -0.2) is 4.39 Å². The Morgan fingerprint density at radius 2 is 2.04 bits per heavy atom. The Kier molecular flexibility index (Phi) is 5.88. The Morgan fingerprint density at radius 1 is 1.19 bits per heavy atom. The number of anilines is 1. The summed E-state index contributed by atoms with van der Waals surface area (Å²) in [5, 5.41) is 2.86. The van der Waals surface area contributed by atoms with E-state index in [-0.39, 0.29) is 17.2 Å². The van der Waals surface area contributed by atoms with Gasteiger partial charge in [-0.2, -0.15) is 0 Å². The third-order valence-electron chi connectivity index (χ3n) is 3.71. The van der Waals surface area contributed by atoms with Gasteiger partial charge in [-0.3, -0.25) is 9.78 Å². The number of methoxy groups -OCH3 is 1. The van der Waals surface area contributed by atoms with E-state index in [0.717, 1.165) is 11.6 Å². The fourth-order valence-electron chi connectivity index (χ4n) is 2.38. The van der Waals surface area contributed by atoms with Crippen molar-refractivity contribution in [3.8, 4) is 11.5 Å². The van der Waals surface area contributed by atoms with Gasteiger partial charge in [0.1, 0.15) is 12.4 Å². The van der Waals surface area contributed by atoms with Gasteiger partial charge in [-0.1, -0.05) is 17.7 Å². The van der Waals surface area contributed by atoms with Crippen LogP contribution in [-0.2, 0) is 6.61 Å². The van der Waals surface area contributed by atoms with E-state index < -0.39 is 11.7 Å². The van der Waals surface area contributed by atoms with Crippen molar-refractivity contribution in [2.45, 2.75) is 6.61 Å². The molecule has 0 bridgehead atoms. The van der Waals surface area contributed by atoms with Crippen molar-refractivity contribution < 1.29 is 18.7 Å². The SMILES string of the molecule is COc1ccc(NC(=O)c2ccc(Cl)cc2F)cc1OCc1cccnc1. The predicted molar refractivity (Wildman–Crippen MR) is 101 cm³/mol. The molecule has 0 aliphatic heterocycles. The van der Waals surface area contributed by atoms with Gasteiger partial charge < -0.3 is 14.8 Å². The molecule has 1 heterocycles. The summed E-state index contributed by atoms with van der Waals surface area (Å²) < 4.78 is 25.0. The van der Waals surface area contributed by atoms with E-state index in [1.807, 2.05) is 12.1 Å². The lowest BCUT2D eigenvalue weighted by Gasteiger charge is -2.13. The zero-order chi connectivity index (χ0) is 19.2. The molecule has 3 aromatic rings. The highest BCUT2D eigenvalue weighted by Gasteiger charge is 2.14. The number of benzene rings is 2. The lowest BCUT2D eigenvalue weighted by atomic mass is 10.2. The van der Waals surface area contributed by atoms with Gasteiger partial charge in [0.25, 0.3) is 5.91 Å². The first kappa shape index (κ1) is 18.7. The van der Waals surface area contributed by atoms with Crippen LogP contribution < -0.4 is 14.8 Å². The maximum absolute atomic E-state index is 13.9. The van der Waals surface area contributed by atoms with Crippen molar-refractivity contribution in [1.29, 1.82) is 0 Å². The molecule has 138 valence electrons. The molecule has 0 spiro atoms. The molecule has 0 atom stereocenters. The summed E-state index contributed by atoms with van der Waals surface area (Å²) in [7, 11) is 1.52. The highest BCUT2D eigenvalue weighted by molar-refractivity contribution is 6.30. The second-order valence-electron chi connectivity index (χ2n) is 5.59. The number of aromatic nitrogens is 1. The Balaban J connectivity index is 1.77. The first-order valence-electron chi connectivity index (χ1n) is 8.03. The van der Waals surface area contributed by atoms with Crippen LogP contribution in [0, 0.1) is 5.82 Å². The van der Waals surface area contributed by atoms with Crippen LogP contribution in [0.4, 0.5) is 10.1 Å². The van der Waals surface area contributed by atoms with Crippen LogP contribution in [-0.4, -0.2) is 18.0 Å².